The van der Waals surface area contributed by atoms with E-state index in [1.54, 1.807) is 11.8 Å². The molecule has 0 aromatic heterocycles. The van der Waals surface area contributed by atoms with E-state index in [-0.39, 0.29) is 5.91 Å². The molecular formula is C25H27NO2S. The molecule has 0 spiro atoms. The van der Waals surface area contributed by atoms with Crippen LogP contribution >= 0.6 is 11.8 Å². The van der Waals surface area contributed by atoms with Gasteiger partial charge in [-0.1, -0.05) is 42.5 Å². The van der Waals surface area contributed by atoms with Gasteiger partial charge in [-0.05, 0) is 67.3 Å². The lowest BCUT2D eigenvalue weighted by molar-refractivity contribution is 0.0953. The fourth-order valence-electron chi connectivity index (χ4n) is 2.95. The highest BCUT2D eigenvalue weighted by molar-refractivity contribution is 7.98. The van der Waals surface area contributed by atoms with E-state index >= 15 is 0 Å². The molecule has 0 aliphatic rings. The second-order valence-electron chi connectivity index (χ2n) is 6.74. The van der Waals surface area contributed by atoms with Crippen molar-refractivity contribution in [2.75, 3.05) is 13.2 Å². The van der Waals surface area contributed by atoms with Gasteiger partial charge < -0.3 is 10.1 Å². The molecule has 3 rings (SSSR count). The standard InChI is InChI=1S/C25H27NO2S/c1-2-28-23-16-12-20(13-17-23)7-6-18-26-25(27)22-14-10-21(11-15-22)19-29-24-8-4-3-5-9-24/h3-5,8-17H,2,6-7,18-19H2,1H3,(H,26,27). The first-order valence-corrected chi connectivity index (χ1v) is 11.0. The van der Waals surface area contributed by atoms with Crippen molar-refractivity contribution < 1.29 is 9.53 Å². The molecule has 3 aromatic carbocycles. The monoisotopic (exact) mass is 405 g/mol. The van der Waals surface area contributed by atoms with Crippen LogP contribution in [0.5, 0.6) is 5.75 Å². The lowest BCUT2D eigenvalue weighted by Crippen LogP contribution is -2.24. The molecule has 3 nitrogen and oxygen atoms in total. The smallest absolute Gasteiger partial charge is 0.251 e. The van der Waals surface area contributed by atoms with Crippen molar-refractivity contribution in [3.8, 4) is 5.75 Å². The molecule has 0 saturated carbocycles. The number of nitrogens with one attached hydrogen (secondary N) is 1. The van der Waals surface area contributed by atoms with Crippen molar-refractivity contribution in [3.63, 3.8) is 0 Å². The van der Waals surface area contributed by atoms with Gasteiger partial charge in [-0.15, -0.1) is 11.8 Å². The van der Waals surface area contributed by atoms with E-state index in [0.29, 0.717) is 18.7 Å². The molecule has 0 unspecified atom stereocenters. The highest BCUT2D eigenvalue weighted by Gasteiger charge is 2.05. The summed E-state index contributed by atoms with van der Waals surface area (Å²) < 4.78 is 5.45. The first-order chi connectivity index (χ1) is 14.2. The summed E-state index contributed by atoms with van der Waals surface area (Å²) in [6.45, 7) is 3.32. The third-order valence-corrected chi connectivity index (χ3v) is 5.61. The van der Waals surface area contributed by atoms with Gasteiger partial charge >= 0.3 is 0 Å². The van der Waals surface area contributed by atoms with Crippen molar-refractivity contribution in [2.24, 2.45) is 0 Å². The number of amides is 1. The minimum absolute atomic E-state index is 0.0149. The average molecular weight is 406 g/mol. The van der Waals surface area contributed by atoms with Gasteiger partial charge in [-0.3, -0.25) is 4.79 Å². The summed E-state index contributed by atoms with van der Waals surface area (Å²) in [5.41, 5.74) is 3.17. The Morgan fingerprint density at radius 2 is 1.59 bits per heavy atom. The van der Waals surface area contributed by atoms with E-state index in [1.165, 1.54) is 16.0 Å². The number of ether oxygens (including phenoxy) is 1. The third-order valence-electron chi connectivity index (χ3n) is 4.53. The summed E-state index contributed by atoms with van der Waals surface area (Å²) in [5, 5.41) is 3.01. The van der Waals surface area contributed by atoms with Gasteiger partial charge in [0.1, 0.15) is 5.75 Å². The maximum absolute atomic E-state index is 12.3. The molecule has 4 heteroatoms. The van der Waals surface area contributed by atoms with Crippen LogP contribution < -0.4 is 10.1 Å². The first kappa shape index (κ1) is 21.0. The molecule has 0 aliphatic carbocycles. The lowest BCUT2D eigenvalue weighted by atomic mass is 10.1. The number of aryl methyl sites for hydroxylation is 1. The number of rotatable bonds is 10. The van der Waals surface area contributed by atoms with Crippen molar-refractivity contribution >= 4 is 17.7 Å². The zero-order chi connectivity index (χ0) is 20.3. The normalized spacial score (nSPS) is 10.5. The van der Waals surface area contributed by atoms with Gasteiger partial charge in [0.2, 0.25) is 0 Å². The number of carbonyl (C=O) groups excluding carboxylic acids is 1. The van der Waals surface area contributed by atoms with E-state index in [4.69, 9.17) is 4.74 Å². The van der Waals surface area contributed by atoms with Crippen LogP contribution in [0.1, 0.15) is 34.8 Å². The Hall–Kier alpha value is -2.72. The fourth-order valence-corrected chi connectivity index (χ4v) is 3.83. The van der Waals surface area contributed by atoms with Crippen molar-refractivity contribution in [2.45, 2.75) is 30.4 Å². The fraction of sp³-hybridized carbons (Fsp3) is 0.240. The van der Waals surface area contributed by atoms with Crippen LogP contribution in [0.4, 0.5) is 0 Å². The van der Waals surface area contributed by atoms with Gasteiger partial charge in [0.25, 0.3) is 5.91 Å². The molecule has 1 amide bonds. The van der Waals surface area contributed by atoms with Crippen LogP contribution in [0.15, 0.2) is 83.8 Å². The minimum atomic E-state index is -0.0149. The molecule has 3 aromatic rings. The quantitative estimate of drug-likeness (QED) is 0.345. The maximum atomic E-state index is 12.3. The maximum Gasteiger partial charge on any atom is 0.251 e. The molecule has 0 fully saturated rings. The van der Waals surface area contributed by atoms with Crippen LogP contribution in [0, 0.1) is 0 Å². The molecular weight excluding hydrogens is 378 g/mol. The number of hydrogen-bond acceptors (Lipinski definition) is 3. The second kappa shape index (κ2) is 11.3. The van der Waals surface area contributed by atoms with Gasteiger partial charge in [0.05, 0.1) is 6.61 Å². The molecule has 0 saturated heterocycles. The van der Waals surface area contributed by atoms with Crippen LogP contribution in [-0.2, 0) is 12.2 Å². The predicted octanol–water partition coefficient (Wildman–Crippen LogP) is 5.74. The molecule has 0 radical (unpaired) electrons. The van der Waals surface area contributed by atoms with Gasteiger partial charge in [0.15, 0.2) is 0 Å². The highest BCUT2D eigenvalue weighted by Crippen LogP contribution is 2.22. The largest absolute Gasteiger partial charge is 0.494 e. The SMILES string of the molecule is CCOc1ccc(CCCNC(=O)c2ccc(CSc3ccccc3)cc2)cc1. The molecule has 29 heavy (non-hydrogen) atoms. The van der Waals surface area contributed by atoms with Crippen molar-refractivity contribution in [1.82, 2.24) is 5.32 Å². The molecule has 0 bridgehead atoms. The zero-order valence-electron chi connectivity index (χ0n) is 16.8. The highest BCUT2D eigenvalue weighted by atomic mass is 32.2. The van der Waals surface area contributed by atoms with Gasteiger partial charge in [-0.2, -0.15) is 0 Å². The molecule has 0 heterocycles. The topological polar surface area (TPSA) is 38.3 Å². The van der Waals surface area contributed by atoms with Crippen LogP contribution in [0.2, 0.25) is 0 Å². The van der Waals surface area contributed by atoms with Crippen LogP contribution in [-0.4, -0.2) is 19.1 Å². The summed E-state index contributed by atoms with van der Waals surface area (Å²) in [6.07, 6.45) is 1.84. The summed E-state index contributed by atoms with van der Waals surface area (Å²) in [5.74, 6) is 1.78. The average Bonchev–Trinajstić information content (AvgIpc) is 2.77. The van der Waals surface area contributed by atoms with Gasteiger partial charge in [0, 0.05) is 22.8 Å². The lowest BCUT2D eigenvalue weighted by Gasteiger charge is -2.08. The molecule has 150 valence electrons. The number of hydrogen-bond donors (Lipinski definition) is 1. The third kappa shape index (κ3) is 6.99. The summed E-state index contributed by atoms with van der Waals surface area (Å²) >= 11 is 1.80. The van der Waals surface area contributed by atoms with E-state index in [1.807, 2.05) is 61.5 Å². The Bertz CT molecular complexity index is 877. The van der Waals surface area contributed by atoms with Crippen molar-refractivity contribution in [3.05, 3.63) is 95.6 Å². The zero-order valence-corrected chi connectivity index (χ0v) is 17.6. The van der Waals surface area contributed by atoms with E-state index < -0.39 is 0 Å². The Morgan fingerprint density at radius 1 is 0.897 bits per heavy atom. The Labute approximate surface area is 177 Å². The number of thioether (sulfide) groups is 1. The summed E-state index contributed by atoms with van der Waals surface area (Å²) in [6, 6.07) is 26.4. The molecule has 0 atom stereocenters. The van der Waals surface area contributed by atoms with Gasteiger partial charge in [-0.25, -0.2) is 0 Å². The summed E-state index contributed by atoms with van der Waals surface area (Å²) in [4.78, 5) is 13.6. The second-order valence-corrected chi connectivity index (χ2v) is 7.78. The van der Waals surface area contributed by atoms with Crippen LogP contribution in [0.25, 0.3) is 0 Å². The minimum Gasteiger partial charge on any atom is -0.494 e. The summed E-state index contributed by atoms with van der Waals surface area (Å²) in [7, 11) is 0. The molecule has 1 N–H and O–H groups in total. The Kier molecular flexibility index (Phi) is 8.20. The Morgan fingerprint density at radius 3 is 2.28 bits per heavy atom. The number of carbonyl (C=O) groups is 1. The first-order valence-electron chi connectivity index (χ1n) is 10.0. The van der Waals surface area contributed by atoms with E-state index in [0.717, 1.165) is 24.3 Å². The van der Waals surface area contributed by atoms with E-state index in [2.05, 4.69) is 29.6 Å². The predicted molar refractivity (Wildman–Crippen MR) is 121 cm³/mol. The number of benzene rings is 3. The van der Waals surface area contributed by atoms with Crippen molar-refractivity contribution in [1.29, 1.82) is 0 Å². The Balaban J connectivity index is 1.38. The van der Waals surface area contributed by atoms with Crippen LogP contribution in [0.3, 0.4) is 0 Å². The van der Waals surface area contributed by atoms with E-state index in [9.17, 15) is 4.79 Å². The molecule has 0 aliphatic heterocycles.